The largest absolute Gasteiger partial charge is 0.364 e. The SMILES string of the molecule is CC(C)(C#N)c1ccnc(-c2ccnc(Nc3cc(Cl)c4[nH]c(C(N)=O)cc4c3)n2)c1. The smallest absolute Gasteiger partial charge is 0.265 e. The maximum absolute atomic E-state index is 11.4. The Hall–Kier alpha value is -3.96. The summed E-state index contributed by atoms with van der Waals surface area (Å²) < 4.78 is 0. The molecule has 0 unspecified atom stereocenters. The molecule has 0 bridgehead atoms. The minimum absolute atomic E-state index is 0.276. The van der Waals surface area contributed by atoms with Crippen LogP contribution in [0.3, 0.4) is 0 Å². The maximum atomic E-state index is 11.4. The van der Waals surface area contributed by atoms with Gasteiger partial charge >= 0.3 is 0 Å². The Bertz CT molecular complexity index is 1350. The van der Waals surface area contributed by atoms with E-state index in [9.17, 15) is 10.1 Å². The first-order chi connectivity index (χ1) is 14.8. The van der Waals surface area contributed by atoms with Gasteiger partial charge in [0.25, 0.3) is 5.91 Å². The van der Waals surface area contributed by atoms with Crippen LogP contribution in [-0.2, 0) is 5.41 Å². The number of rotatable bonds is 5. The normalized spacial score (nSPS) is 11.3. The lowest BCUT2D eigenvalue weighted by Crippen LogP contribution is -2.14. The van der Waals surface area contributed by atoms with Crippen molar-refractivity contribution in [1.82, 2.24) is 19.9 Å². The summed E-state index contributed by atoms with van der Waals surface area (Å²) in [6, 6.07) is 12.9. The molecule has 4 aromatic rings. The van der Waals surface area contributed by atoms with Gasteiger partial charge in [-0.1, -0.05) is 11.6 Å². The zero-order valence-electron chi connectivity index (χ0n) is 16.8. The van der Waals surface area contributed by atoms with Crippen LogP contribution in [0.5, 0.6) is 0 Å². The Morgan fingerprint density at radius 3 is 2.68 bits per heavy atom. The molecule has 0 saturated heterocycles. The highest BCUT2D eigenvalue weighted by molar-refractivity contribution is 6.35. The molecule has 0 aliphatic rings. The van der Waals surface area contributed by atoms with Gasteiger partial charge in [0.2, 0.25) is 5.95 Å². The quantitative estimate of drug-likeness (QED) is 0.431. The van der Waals surface area contributed by atoms with Crippen LogP contribution < -0.4 is 11.1 Å². The molecule has 9 heteroatoms. The molecule has 3 aromatic heterocycles. The van der Waals surface area contributed by atoms with Crippen molar-refractivity contribution in [2.45, 2.75) is 19.3 Å². The molecule has 0 fully saturated rings. The molecule has 0 aliphatic carbocycles. The first kappa shape index (κ1) is 20.3. The number of anilines is 2. The van der Waals surface area contributed by atoms with Gasteiger partial charge in [-0.25, -0.2) is 9.97 Å². The fourth-order valence-corrected chi connectivity index (χ4v) is 3.39. The number of aromatic amines is 1. The van der Waals surface area contributed by atoms with Crippen LogP contribution >= 0.6 is 11.6 Å². The second-order valence-corrected chi connectivity index (χ2v) is 7.93. The van der Waals surface area contributed by atoms with Crippen LogP contribution in [0.1, 0.15) is 29.9 Å². The van der Waals surface area contributed by atoms with E-state index >= 15 is 0 Å². The van der Waals surface area contributed by atoms with Gasteiger partial charge in [-0.15, -0.1) is 0 Å². The van der Waals surface area contributed by atoms with E-state index in [1.165, 1.54) is 0 Å². The molecular formula is C22H18ClN7O. The molecule has 1 aromatic carbocycles. The van der Waals surface area contributed by atoms with Gasteiger partial charge in [-0.05, 0) is 55.8 Å². The number of benzene rings is 1. The third-order valence-corrected chi connectivity index (χ3v) is 5.18. The number of H-pyrrole nitrogens is 1. The molecule has 4 N–H and O–H groups in total. The Balaban J connectivity index is 1.66. The van der Waals surface area contributed by atoms with Crippen LogP contribution in [0.2, 0.25) is 5.02 Å². The lowest BCUT2D eigenvalue weighted by Gasteiger charge is -2.16. The number of nitriles is 1. The zero-order chi connectivity index (χ0) is 22.2. The molecule has 0 radical (unpaired) electrons. The van der Waals surface area contributed by atoms with Gasteiger partial charge in [-0.3, -0.25) is 9.78 Å². The number of nitrogens with two attached hydrogens (primary N) is 1. The van der Waals surface area contributed by atoms with E-state index in [2.05, 4.69) is 31.3 Å². The molecule has 8 nitrogen and oxygen atoms in total. The molecule has 3 heterocycles. The summed E-state index contributed by atoms with van der Waals surface area (Å²) in [5.41, 5.74) is 8.34. The van der Waals surface area contributed by atoms with Crippen LogP contribution in [0, 0.1) is 11.3 Å². The highest BCUT2D eigenvalue weighted by Crippen LogP contribution is 2.30. The second kappa shape index (κ2) is 7.70. The predicted octanol–water partition coefficient (Wildman–Crippen LogP) is 4.32. The molecule has 4 rings (SSSR count). The summed E-state index contributed by atoms with van der Waals surface area (Å²) in [4.78, 5) is 27.5. The minimum atomic E-state index is -0.641. The highest BCUT2D eigenvalue weighted by Gasteiger charge is 2.20. The fourth-order valence-electron chi connectivity index (χ4n) is 3.12. The van der Waals surface area contributed by atoms with E-state index in [0.717, 1.165) is 10.9 Å². The summed E-state index contributed by atoms with van der Waals surface area (Å²) >= 11 is 6.35. The maximum Gasteiger partial charge on any atom is 0.265 e. The molecule has 0 aliphatic heterocycles. The summed E-state index contributed by atoms with van der Waals surface area (Å²) in [5.74, 6) is -0.211. The zero-order valence-corrected chi connectivity index (χ0v) is 17.5. The van der Waals surface area contributed by atoms with Crippen molar-refractivity contribution in [1.29, 1.82) is 5.26 Å². The van der Waals surface area contributed by atoms with Gasteiger partial charge < -0.3 is 16.0 Å². The topological polar surface area (TPSA) is 133 Å². The molecular weight excluding hydrogens is 414 g/mol. The minimum Gasteiger partial charge on any atom is -0.364 e. The van der Waals surface area contributed by atoms with Gasteiger partial charge in [0.05, 0.1) is 33.4 Å². The van der Waals surface area contributed by atoms with Crippen molar-refractivity contribution in [2.24, 2.45) is 5.73 Å². The number of nitrogens with zero attached hydrogens (tertiary/aromatic N) is 4. The number of aromatic nitrogens is 4. The molecule has 1 amide bonds. The standard InChI is InChI=1S/C22H18ClN7O/c1-22(2,11-24)13-3-5-26-17(9-13)16-4-6-27-21(30-16)28-14-7-12-8-18(20(25)31)29-19(12)15(23)10-14/h3-10,29H,1-2H3,(H2,25,31)(H,27,28,30). The number of fused-ring (bicyclic) bond motifs is 1. The average Bonchev–Trinajstić information content (AvgIpc) is 3.19. The Morgan fingerprint density at radius 2 is 1.94 bits per heavy atom. The summed E-state index contributed by atoms with van der Waals surface area (Å²) in [6.07, 6.45) is 3.28. The van der Waals surface area contributed by atoms with Crippen molar-refractivity contribution < 1.29 is 4.79 Å². The fraction of sp³-hybridized carbons (Fsp3) is 0.136. The van der Waals surface area contributed by atoms with Gasteiger partial charge in [0.1, 0.15) is 5.69 Å². The van der Waals surface area contributed by atoms with Gasteiger partial charge in [0, 0.05) is 23.5 Å². The predicted molar refractivity (Wildman–Crippen MR) is 119 cm³/mol. The van der Waals surface area contributed by atoms with E-state index in [0.29, 0.717) is 33.6 Å². The third-order valence-electron chi connectivity index (χ3n) is 4.88. The Kier molecular flexibility index (Phi) is 5.05. The summed E-state index contributed by atoms with van der Waals surface area (Å²) in [6.45, 7) is 3.70. The van der Waals surface area contributed by atoms with Crippen LogP contribution in [0.4, 0.5) is 11.6 Å². The molecule has 0 saturated carbocycles. The van der Waals surface area contributed by atoms with E-state index in [-0.39, 0.29) is 5.69 Å². The van der Waals surface area contributed by atoms with Crippen LogP contribution in [-0.4, -0.2) is 25.8 Å². The number of amides is 1. The van der Waals surface area contributed by atoms with Crippen LogP contribution in [0.25, 0.3) is 22.3 Å². The number of primary amides is 1. The van der Waals surface area contributed by atoms with E-state index in [4.69, 9.17) is 17.3 Å². The average molecular weight is 432 g/mol. The van der Waals surface area contributed by atoms with Gasteiger partial charge in [-0.2, -0.15) is 5.26 Å². The number of pyridine rings is 1. The van der Waals surface area contributed by atoms with Gasteiger partial charge in [0.15, 0.2) is 0 Å². The molecule has 31 heavy (non-hydrogen) atoms. The lowest BCUT2D eigenvalue weighted by molar-refractivity contribution is 0.0996. The Morgan fingerprint density at radius 1 is 1.16 bits per heavy atom. The van der Waals surface area contributed by atoms with E-state index in [1.54, 1.807) is 30.6 Å². The van der Waals surface area contributed by atoms with Crippen LogP contribution in [0.15, 0.2) is 48.8 Å². The van der Waals surface area contributed by atoms with E-state index in [1.807, 2.05) is 32.0 Å². The molecule has 0 atom stereocenters. The third kappa shape index (κ3) is 4.04. The molecule has 154 valence electrons. The van der Waals surface area contributed by atoms with E-state index < -0.39 is 11.3 Å². The first-order valence-corrected chi connectivity index (χ1v) is 9.75. The number of carbonyl (C=O) groups is 1. The number of hydrogen-bond donors (Lipinski definition) is 3. The second-order valence-electron chi connectivity index (χ2n) is 7.53. The lowest BCUT2D eigenvalue weighted by atomic mass is 9.86. The first-order valence-electron chi connectivity index (χ1n) is 9.37. The van der Waals surface area contributed by atoms with Crippen molar-refractivity contribution in [3.63, 3.8) is 0 Å². The summed E-state index contributed by atoms with van der Waals surface area (Å²) in [7, 11) is 0. The van der Waals surface area contributed by atoms with Crippen molar-refractivity contribution in [3.05, 3.63) is 65.1 Å². The summed E-state index contributed by atoms with van der Waals surface area (Å²) in [5, 5.41) is 13.7. The molecule has 0 spiro atoms. The Labute approximate surface area is 183 Å². The highest BCUT2D eigenvalue weighted by atomic mass is 35.5. The van der Waals surface area contributed by atoms with Crippen molar-refractivity contribution in [2.75, 3.05) is 5.32 Å². The number of halogens is 1. The van der Waals surface area contributed by atoms with Crippen molar-refractivity contribution >= 4 is 40.0 Å². The number of carbonyl (C=O) groups excluding carboxylic acids is 1. The number of hydrogen-bond acceptors (Lipinski definition) is 6. The monoisotopic (exact) mass is 431 g/mol. The van der Waals surface area contributed by atoms with Crippen molar-refractivity contribution in [3.8, 4) is 17.5 Å². The number of nitrogens with one attached hydrogen (secondary N) is 2.